The molecule has 0 saturated carbocycles. The number of hydrogen-bond acceptors (Lipinski definition) is 5. The van der Waals surface area contributed by atoms with Crippen LogP contribution in [-0.4, -0.2) is 29.5 Å². The molecule has 0 aliphatic heterocycles. The maximum atomic E-state index is 13.4. The second-order valence-electron chi connectivity index (χ2n) is 10.6. The van der Waals surface area contributed by atoms with E-state index < -0.39 is 23.7 Å². The molecule has 4 aromatic heterocycles. The fraction of sp³-hybridized carbons (Fsp3) is 0.0556. The summed E-state index contributed by atoms with van der Waals surface area (Å²) in [5, 5.41) is 7.27. The molecule has 0 saturated heterocycles. The molecule has 0 N–H and O–H groups in total. The summed E-state index contributed by atoms with van der Waals surface area (Å²) in [5.41, 5.74) is 1.47. The smallest absolute Gasteiger partial charge is 0.343 e. The Bertz CT molecular complexity index is 2080. The van der Waals surface area contributed by atoms with Gasteiger partial charge in [-0.1, -0.05) is 116 Å². The van der Waals surface area contributed by atoms with Gasteiger partial charge in [0.15, 0.2) is 0 Å². The van der Waals surface area contributed by atoms with Gasteiger partial charge in [-0.2, -0.15) is 26.3 Å². The fourth-order valence-corrected chi connectivity index (χ4v) is 5.23. The largest absolute Gasteiger partial charge is 2.00 e. The first-order valence-corrected chi connectivity index (χ1v) is 14.6. The van der Waals surface area contributed by atoms with E-state index in [9.17, 15) is 26.3 Å². The Morgan fingerprint density at radius 1 is 0.500 bits per heavy atom. The van der Waals surface area contributed by atoms with Crippen LogP contribution >= 0.6 is 0 Å². The number of hydrogen-bond donors (Lipinski definition) is 0. The fourth-order valence-electron chi connectivity index (χ4n) is 5.23. The molecule has 0 amide bonds. The summed E-state index contributed by atoms with van der Waals surface area (Å²) in [7, 11) is 0. The standard InChI is InChI=1S/C36H21F6N7.Pt/c37-35(38,39)28-20-22-47(45-28)30-16-8-18-32(43-30)49(33-19-9-17-31(44-33)48-23-21-29(46-48)36(40,41)42)34-26(24-10-3-1-4-11-24)14-7-15-27(34)25-12-5-2-6-13-25;/h1-21H;/q-2;+2. The van der Waals surface area contributed by atoms with Crippen molar-refractivity contribution in [2.75, 3.05) is 4.90 Å². The predicted octanol–water partition coefficient (Wildman–Crippen LogP) is 9.29. The Labute approximate surface area is 295 Å². The van der Waals surface area contributed by atoms with E-state index in [0.717, 1.165) is 43.8 Å². The van der Waals surface area contributed by atoms with E-state index in [1.807, 2.05) is 78.9 Å². The van der Waals surface area contributed by atoms with Gasteiger partial charge in [0.1, 0.15) is 11.6 Å². The van der Waals surface area contributed by atoms with E-state index in [-0.39, 0.29) is 44.3 Å². The van der Waals surface area contributed by atoms with Crippen LogP contribution < -0.4 is 4.90 Å². The van der Waals surface area contributed by atoms with Crippen molar-refractivity contribution < 1.29 is 47.4 Å². The van der Waals surface area contributed by atoms with Gasteiger partial charge in [0.25, 0.3) is 0 Å². The molecule has 4 heterocycles. The minimum atomic E-state index is -4.69. The molecule has 0 atom stereocenters. The number of halogens is 6. The maximum absolute atomic E-state index is 13.4. The van der Waals surface area contributed by atoms with Gasteiger partial charge in [0.2, 0.25) is 0 Å². The van der Waals surface area contributed by atoms with Crippen LogP contribution in [0.15, 0.2) is 127 Å². The number of para-hydroxylation sites is 1. The third-order valence-electron chi connectivity index (χ3n) is 7.40. The van der Waals surface area contributed by atoms with Crippen LogP contribution in [0.25, 0.3) is 33.9 Å². The number of pyridine rings is 2. The molecule has 7 aromatic rings. The maximum Gasteiger partial charge on any atom is 2.00 e. The predicted molar refractivity (Wildman–Crippen MR) is 170 cm³/mol. The summed E-state index contributed by atoms with van der Waals surface area (Å²) in [6.45, 7) is 0. The van der Waals surface area contributed by atoms with Crippen LogP contribution in [0.5, 0.6) is 0 Å². The first-order valence-electron chi connectivity index (χ1n) is 14.6. The van der Waals surface area contributed by atoms with Crippen LogP contribution in [-0.2, 0) is 33.4 Å². The van der Waals surface area contributed by atoms with Gasteiger partial charge in [-0.3, -0.25) is 25.1 Å². The number of benzene rings is 3. The molecule has 0 aliphatic rings. The summed E-state index contributed by atoms with van der Waals surface area (Å²) < 4.78 is 82.3. The summed E-state index contributed by atoms with van der Waals surface area (Å²) in [6.07, 6.45) is -4.43. The van der Waals surface area contributed by atoms with Crippen molar-refractivity contribution in [1.82, 2.24) is 29.5 Å². The minimum absolute atomic E-state index is 0. The molecule has 0 spiro atoms. The van der Waals surface area contributed by atoms with E-state index in [1.165, 1.54) is 12.1 Å². The van der Waals surface area contributed by atoms with E-state index >= 15 is 0 Å². The van der Waals surface area contributed by atoms with Crippen LogP contribution in [0.1, 0.15) is 11.4 Å². The van der Waals surface area contributed by atoms with Gasteiger partial charge < -0.3 is 9.36 Å². The molecule has 0 aliphatic carbocycles. The van der Waals surface area contributed by atoms with Crippen molar-refractivity contribution in [1.29, 1.82) is 0 Å². The summed E-state index contributed by atoms with van der Waals surface area (Å²) in [5.74, 6) is 0.506. The Hall–Kier alpha value is -5.55. The van der Waals surface area contributed by atoms with Crippen molar-refractivity contribution >= 4 is 17.3 Å². The molecule has 14 heteroatoms. The van der Waals surface area contributed by atoms with Crippen molar-refractivity contribution in [2.45, 2.75) is 12.4 Å². The van der Waals surface area contributed by atoms with Gasteiger partial charge in [-0.15, -0.1) is 12.1 Å². The number of rotatable bonds is 7. The van der Waals surface area contributed by atoms with E-state index in [1.54, 1.807) is 29.2 Å². The second kappa shape index (κ2) is 13.8. The molecular weight excluding hydrogens is 840 g/mol. The molecule has 3 aromatic carbocycles. The number of aromatic nitrogens is 6. The summed E-state index contributed by atoms with van der Waals surface area (Å²) in [4.78, 5) is 11.1. The molecule has 0 radical (unpaired) electrons. The second-order valence-corrected chi connectivity index (χ2v) is 10.6. The van der Waals surface area contributed by atoms with Gasteiger partial charge >= 0.3 is 33.4 Å². The molecule has 252 valence electrons. The molecule has 0 fully saturated rings. The quantitative estimate of drug-likeness (QED) is 0.118. The topological polar surface area (TPSA) is 64.7 Å². The van der Waals surface area contributed by atoms with Crippen molar-refractivity contribution in [3.8, 4) is 33.9 Å². The Morgan fingerprint density at radius 2 is 0.900 bits per heavy atom. The van der Waals surface area contributed by atoms with E-state index in [2.05, 4.69) is 22.6 Å². The average molecular weight is 861 g/mol. The first-order chi connectivity index (χ1) is 23.6. The van der Waals surface area contributed by atoms with Crippen molar-refractivity contribution in [3.05, 3.63) is 151 Å². The zero-order valence-corrected chi connectivity index (χ0v) is 27.6. The Kier molecular flexibility index (Phi) is 9.44. The zero-order chi connectivity index (χ0) is 34.2. The van der Waals surface area contributed by atoms with Crippen LogP contribution in [0, 0.1) is 12.4 Å². The Balaban J connectivity index is 0.00000432. The first kappa shape index (κ1) is 34.3. The third-order valence-corrected chi connectivity index (χ3v) is 7.40. The van der Waals surface area contributed by atoms with Crippen LogP contribution in [0.4, 0.5) is 43.7 Å². The minimum Gasteiger partial charge on any atom is -0.343 e. The van der Waals surface area contributed by atoms with Crippen LogP contribution in [0.2, 0.25) is 0 Å². The van der Waals surface area contributed by atoms with Gasteiger partial charge in [0.05, 0.1) is 28.7 Å². The zero-order valence-electron chi connectivity index (χ0n) is 25.3. The summed E-state index contributed by atoms with van der Waals surface area (Å²) >= 11 is 0. The number of nitrogens with zero attached hydrogens (tertiary/aromatic N) is 7. The van der Waals surface area contributed by atoms with E-state index in [0.29, 0.717) is 5.69 Å². The van der Waals surface area contributed by atoms with Crippen LogP contribution in [0.3, 0.4) is 0 Å². The molecule has 7 rings (SSSR count). The monoisotopic (exact) mass is 860 g/mol. The summed E-state index contributed by atoms with van der Waals surface area (Å²) in [6, 6.07) is 35.6. The SMILES string of the molecule is FC(F)(F)c1c[c-]n(-c2cccc(N(c3cccc(-n4[c-]cc(C(F)(F)F)n4)n3)c3c(-c4ccccc4)cccc3-c3ccccc3)n2)n1.[Pt+2]. The van der Waals surface area contributed by atoms with Gasteiger partial charge in [0, 0.05) is 11.1 Å². The molecule has 50 heavy (non-hydrogen) atoms. The molecule has 0 bridgehead atoms. The van der Waals surface area contributed by atoms with Crippen molar-refractivity contribution in [3.63, 3.8) is 0 Å². The van der Waals surface area contributed by atoms with Gasteiger partial charge in [-0.05, 0) is 23.3 Å². The van der Waals surface area contributed by atoms with Crippen molar-refractivity contribution in [2.24, 2.45) is 0 Å². The molecule has 7 nitrogen and oxygen atoms in total. The molecular formula is C36H21F6N7Pt. The number of anilines is 3. The molecule has 0 unspecified atom stereocenters. The average Bonchev–Trinajstić information content (AvgIpc) is 3.82. The Morgan fingerprint density at radius 3 is 1.28 bits per heavy atom. The normalized spacial score (nSPS) is 11.6. The van der Waals surface area contributed by atoms with Gasteiger partial charge in [-0.25, -0.2) is 0 Å². The number of alkyl halides is 6. The van der Waals surface area contributed by atoms with E-state index in [4.69, 9.17) is 9.97 Å². The third kappa shape index (κ3) is 6.95.